The average molecular weight is 208 g/mol. The highest BCUT2D eigenvalue weighted by Crippen LogP contribution is 2.15. The molecule has 0 fully saturated rings. The lowest BCUT2D eigenvalue weighted by molar-refractivity contribution is -0.122. The van der Waals surface area contributed by atoms with Crippen LogP contribution in [0, 0.1) is 0 Å². The molecule has 1 aromatic rings. The molecule has 4 heteroatoms. The van der Waals surface area contributed by atoms with E-state index in [2.05, 4.69) is 5.32 Å². The summed E-state index contributed by atoms with van der Waals surface area (Å²) in [6.45, 7) is 3.75. The smallest absolute Gasteiger partial charge is 0.241 e. The van der Waals surface area contributed by atoms with E-state index in [4.69, 9.17) is 10.8 Å². The Morgan fingerprint density at radius 2 is 1.87 bits per heavy atom. The first-order valence-electron chi connectivity index (χ1n) is 4.85. The lowest BCUT2D eigenvalue weighted by Gasteiger charge is -2.14. The predicted octanol–water partition coefficient (Wildman–Crippen LogP) is 0.917. The van der Waals surface area contributed by atoms with Gasteiger partial charge in [-0.1, -0.05) is 12.1 Å². The van der Waals surface area contributed by atoms with Crippen LogP contribution in [0.25, 0.3) is 0 Å². The van der Waals surface area contributed by atoms with E-state index in [0.29, 0.717) is 5.56 Å². The molecule has 1 rings (SSSR count). The van der Waals surface area contributed by atoms with Gasteiger partial charge in [0.2, 0.25) is 5.91 Å². The molecule has 0 aliphatic carbocycles. The summed E-state index contributed by atoms with van der Waals surface area (Å²) in [5.74, 6) is -0.0501. The molecule has 1 amide bonds. The molecule has 15 heavy (non-hydrogen) atoms. The number of amides is 1. The normalized spacial score (nSPS) is 12.5. The van der Waals surface area contributed by atoms with Gasteiger partial charge in [0.1, 0.15) is 11.8 Å². The van der Waals surface area contributed by atoms with Crippen LogP contribution in [0.15, 0.2) is 24.3 Å². The van der Waals surface area contributed by atoms with Gasteiger partial charge in [-0.05, 0) is 31.5 Å². The maximum absolute atomic E-state index is 11.5. The van der Waals surface area contributed by atoms with Crippen molar-refractivity contribution in [3.8, 4) is 5.75 Å². The number of nitrogens with one attached hydrogen (secondary N) is 1. The highest BCUT2D eigenvalue weighted by atomic mass is 16.3. The molecule has 0 aliphatic rings. The van der Waals surface area contributed by atoms with Gasteiger partial charge in [0.15, 0.2) is 0 Å². The molecular weight excluding hydrogens is 192 g/mol. The summed E-state index contributed by atoms with van der Waals surface area (Å²) in [5.41, 5.74) is 6.43. The van der Waals surface area contributed by atoms with E-state index in [1.54, 1.807) is 12.1 Å². The van der Waals surface area contributed by atoms with Crippen molar-refractivity contribution in [1.82, 2.24) is 5.32 Å². The molecule has 0 aliphatic heterocycles. The maximum atomic E-state index is 11.5. The van der Waals surface area contributed by atoms with Gasteiger partial charge in [0.25, 0.3) is 0 Å². The topological polar surface area (TPSA) is 75.4 Å². The van der Waals surface area contributed by atoms with Crippen molar-refractivity contribution in [3.05, 3.63) is 29.8 Å². The summed E-state index contributed by atoms with van der Waals surface area (Å²) in [4.78, 5) is 11.5. The Morgan fingerprint density at radius 3 is 2.33 bits per heavy atom. The van der Waals surface area contributed by atoms with Gasteiger partial charge in [-0.3, -0.25) is 4.79 Å². The number of carbonyl (C=O) groups is 1. The Bertz CT molecular complexity index is 333. The molecule has 1 atom stereocenters. The Kier molecular flexibility index (Phi) is 3.68. The van der Waals surface area contributed by atoms with Crippen LogP contribution in [0.3, 0.4) is 0 Å². The van der Waals surface area contributed by atoms with Gasteiger partial charge in [0.05, 0.1) is 0 Å². The van der Waals surface area contributed by atoms with E-state index in [1.807, 2.05) is 13.8 Å². The second kappa shape index (κ2) is 4.79. The minimum Gasteiger partial charge on any atom is -0.508 e. The largest absolute Gasteiger partial charge is 0.508 e. The first-order valence-corrected chi connectivity index (χ1v) is 4.85. The fourth-order valence-corrected chi connectivity index (χ4v) is 1.21. The average Bonchev–Trinajstić information content (AvgIpc) is 2.17. The number of phenolic OH excluding ortho intramolecular Hbond substituents is 1. The number of benzene rings is 1. The van der Waals surface area contributed by atoms with Crippen molar-refractivity contribution < 1.29 is 9.90 Å². The van der Waals surface area contributed by atoms with Crippen molar-refractivity contribution in [2.24, 2.45) is 5.73 Å². The van der Waals surface area contributed by atoms with Crippen molar-refractivity contribution in [2.45, 2.75) is 25.9 Å². The van der Waals surface area contributed by atoms with E-state index in [0.717, 1.165) is 0 Å². The first-order chi connectivity index (χ1) is 7.00. The summed E-state index contributed by atoms with van der Waals surface area (Å²) in [6, 6.07) is 5.68. The molecule has 0 spiro atoms. The van der Waals surface area contributed by atoms with Gasteiger partial charge < -0.3 is 16.2 Å². The molecule has 0 aromatic heterocycles. The lowest BCUT2D eigenvalue weighted by atomic mass is 10.1. The molecule has 1 aromatic carbocycles. The molecule has 0 saturated heterocycles. The Labute approximate surface area is 89.1 Å². The summed E-state index contributed by atoms with van der Waals surface area (Å²) < 4.78 is 0. The van der Waals surface area contributed by atoms with Crippen LogP contribution in [0.4, 0.5) is 0 Å². The van der Waals surface area contributed by atoms with Crippen LogP contribution in [0.1, 0.15) is 25.5 Å². The molecule has 0 saturated carbocycles. The molecule has 4 nitrogen and oxygen atoms in total. The van der Waals surface area contributed by atoms with Crippen LogP contribution >= 0.6 is 0 Å². The number of nitrogens with two attached hydrogens (primary N) is 1. The quantitative estimate of drug-likeness (QED) is 0.691. The third kappa shape index (κ3) is 3.25. The number of aromatic hydroxyl groups is 1. The highest BCUT2D eigenvalue weighted by molar-refractivity contribution is 5.83. The van der Waals surface area contributed by atoms with Gasteiger partial charge in [-0.2, -0.15) is 0 Å². The summed E-state index contributed by atoms with van der Waals surface area (Å²) in [6.07, 6.45) is 0. The van der Waals surface area contributed by atoms with Crippen molar-refractivity contribution in [2.75, 3.05) is 0 Å². The zero-order valence-corrected chi connectivity index (χ0v) is 8.90. The van der Waals surface area contributed by atoms with Crippen LogP contribution in [0.5, 0.6) is 5.75 Å². The summed E-state index contributed by atoms with van der Waals surface area (Å²) >= 11 is 0. The first kappa shape index (κ1) is 11.5. The number of hydrogen-bond donors (Lipinski definition) is 3. The third-order valence-electron chi connectivity index (χ3n) is 1.97. The predicted molar refractivity (Wildman–Crippen MR) is 58.3 cm³/mol. The number of rotatable bonds is 3. The van der Waals surface area contributed by atoms with Gasteiger partial charge in [-0.15, -0.1) is 0 Å². The lowest BCUT2D eigenvalue weighted by Crippen LogP contribution is -2.38. The van der Waals surface area contributed by atoms with Gasteiger partial charge in [-0.25, -0.2) is 0 Å². The van der Waals surface area contributed by atoms with E-state index in [1.165, 1.54) is 12.1 Å². The van der Waals surface area contributed by atoms with Crippen molar-refractivity contribution in [3.63, 3.8) is 0 Å². The fourth-order valence-electron chi connectivity index (χ4n) is 1.21. The minimum atomic E-state index is -0.687. The second-order valence-corrected chi connectivity index (χ2v) is 3.73. The van der Waals surface area contributed by atoms with E-state index >= 15 is 0 Å². The molecule has 0 bridgehead atoms. The van der Waals surface area contributed by atoms with Crippen LogP contribution in [-0.2, 0) is 4.79 Å². The Hall–Kier alpha value is -1.55. The van der Waals surface area contributed by atoms with E-state index in [9.17, 15) is 4.79 Å². The molecule has 82 valence electrons. The summed E-state index contributed by atoms with van der Waals surface area (Å²) in [7, 11) is 0. The maximum Gasteiger partial charge on any atom is 0.241 e. The Balaban J connectivity index is 2.71. The van der Waals surface area contributed by atoms with Crippen molar-refractivity contribution >= 4 is 5.91 Å². The van der Waals surface area contributed by atoms with Crippen LogP contribution in [-0.4, -0.2) is 17.1 Å². The minimum absolute atomic E-state index is 0.0701. The highest BCUT2D eigenvalue weighted by Gasteiger charge is 2.15. The monoisotopic (exact) mass is 208 g/mol. The molecule has 0 heterocycles. The summed E-state index contributed by atoms with van der Waals surface area (Å²) in [5, 5.41) is 11.8. The van der Waals surface area contributed by atoms with Gasteiger partial charge >= 0.3 is 0 Å². The van der Waals surface area contributed by atoms with E-state index < -0.39 is 6.04 Å². The van der Waals surface area contributed by atoms with Crippen molar-refractivity contribution in [1.29, 1.82) is 0 Å². The fraction of sp³-hybridized carbons (Fsp3) is 0.364. The number of phenols is 1. The second-order valence-electron chi connectivity index (χ2n) is 3.73. The Morgan fingerprint density at radius 1 is 1.33 bits per heavy atom. The van der Waals surface area contributed by atoms with Crippen LogP contribution < -0.4 is 11.1 Å². The van der Waals surface area contributed by atoms with Crippen LogP contribution in [0.2, 0.25) is 0 Å². The molecular formula is C11H16N2O2. The SMILES string of the molecule is CC(C)NC(=O)[C@H](N)c1ccc(O)cc1. The zero-order chi connectivity index (χ0) is 11.4. The zero-order valence-electron chi connectivity index (χ0n) is 8.90. The standard InChI is InChI=1S/C11H16N2O2/c1-7(2)13-11(15)10(12)8-3-5-9(14)6-4-8/h3-7,10,14H,12H2,1-2H3,(H,13,15)/t10-/m1/s1. The number of carbonyl (C=O) groups excluding carboxylic acids is 1. The number of hydrogen-bond acceptors (Lipinski definition) is 3. The third-order valence-corrected chi connectivity index (χ3v) is 1.97. The molecule has 4 N–H and O–H groups in total. The molecule has 0 unspecified atom stereocenters. The van der Waals surface area contributed by atoms with E-state index in [-0.39, 0.29) is 17.7 Å². The molecule has 0 radical (unpaired) electrons. The van der Waals surface area contributed by atoms with Gasteiger partial charge in [0, 0.05) is 6.04 Å².